The van der Waals surface area contributed by atoms with Gasteiger partial charge in [-0.1, -0.05) is 22.0 Å². The molecule has 0 saturated carbocycles. The van der Waals surface area contributed by atoms with E-state index in [2.05, 4.69) is 21.2 Å². The summed E-state index contributed by atoms with van der Waals surface area (Å²) in [6, 6.07) is 5.42. The third kappa shape index (κ3) is 4.36. The summed E-state index contributed by atoms with van der Waals surface area (Å²) in [5.74, 6) is 0.525. The molecule has 1 aromatic rings. The first-order valence-corrected chi connectivity index (χ1v) is 6.14. The van der Waals surface area contributed by atoms with Crippen LogP contribution in [0.2, 0.25) is 0 Å². The fourth-order valence-electron chi connectivity index (χ4n) is 1.36. The smallest absolute Gasteiger partial charge is 0.223 e. The van der Waals surface area contributed by atoms with E-state index in [-0.39, 0.29) is 12.5 Å². The fraction of sp³-hybridized carbons (Fsp3) is 0.417. The van der Waals surface area contributed by atoms with E-state index >= 15 is 0 Å². The van der Waals surface area contributed by atoms with Gasteiger partial charge in [0.1, 0.15) is 5.75 Å². The third-order valence-electron chi connectivity index (χ3n) is 2.29. The molecular formula is C12H16BrNO3. The number of carbonyl (C=O) groups excluding carboxylic acids is 1. The zero-order valence-corrected chi connectivity index (χ0v) is 11.5. The van der Waals surface area contributed by atoms with Crippen molar-refractivity contribution in [2.24, 2.45) is 0 Å². The van der Waals surface area contributed by atoms with Crippen molar-refractivity contribution in [3.05, 3.63) is 28.2 Å². The summed E-state index contributed by atoms with van der Waals surface area (Å²) in [5, 5.41) is 12.1. The number of rotatable bonds is 5. The highest BCUT2D eigenvalue weighted by Crippen LogP contribution is 2.28. The first-order valence-electron chi connectivity index (χ1n) is 5.35. The first-order chi connectivity index (χ1) is 8.04. The highest BCUT2D eigenvalue weighted by molar-refractivity contribution is 9.10. The van der Waals surface area contributed by atoms with Gasteiger partial charge in [0.2, 0.25) is 5.91 Å². The summed E-state index contributed by atoms with van der Waals surface area (Å²) in [6.45, 7) is 1.96. The third-order valence-corrected chi connectivity index (χ3v) is 2.78. The van der Waals surface area contributed by atoms with Crippen LogP contribution in [-0.4, -0.2) is 24.7 Å². The van der Waals surface area contributed by atoms with Gasteiger partial charge in [-0.15, -0.1) is 0 Å². The van der Waals surface area contributed by atoms with Crippen LogP contribution in [0.3, 0.4) is 0 Å². The maximum absolute atomic E-state index is 11.0. The number of aliphatic hydroxyl groups excluding tert-OH is 1. The number of carbonyl (C=O) groups is 1. The second kappa shape index (κ2) is 6.61. The monoisotopic (exact) mass is 301 g/mol. The van der Waals surface area contributed by atoms with Crippen molar-refractivity contribution in [3.8, 4) is 5.75 Å². The molecule has 1 unspecified atom stereocenters. The van der Waals surface area contributed by atoms with E-state index in [1.807, 2.05) is 6.07 Å². The number of hydrogen-bond acceptors (Lipinski definition) is 3. The fourth-order valence-corrected chi connectivity index (χ4v) is 1.70. The minimum absolute atomic E-state index is 0.0707. The predicted octanol–water partition coefficient (Wildman–Crippen LogP) is 2.02. The van der Waals surface area contributed by atoms with Crippen LogP contribution in [-0.2, 0) is 4.79 Å². The minimum Gasteiger partial charge on any atom is -0.493 e. The van der Waals surface area contributed by atoms with Crippen LogP contribution in [0.1, 0.15) is 25.0 Å². The number of halogens is 1. The van der Waals surface area contributed by atoms with Gasteiger partial charge in [0.25, 0.3) is 0 Å². The van der Waals surface area contributed by atoms with Crippen LogP contribution in [0, 0.1) is 0 Å². The Labute approximate surface area is 109 Å². The highest BCUT2D eigenvalue weighted by atomic mass is 79.9. The van der Waals surface area contributed by atoms with Gasteiger partial charge in [-0.25, -0.2) is 0 Å². The quantitative estimate of drug-likeness (QED) is 0.875. The van der Waals surface area contributed by atoms with Gasteiger partial charge in [-0.3, -0.25) is 4.79 Å². The van der Waals surface area contributed by atoms with Crippen LogP contribution in [0.15, 0.2) is 22.7 Å². The number of amides is 1. The predicted molar refractivity (Wildman–Crippen MR) is 69.0 cm³/mol. The molecule has 5 heteroatoms. The summed E-state index contributed by atoms with van der Waals surface area (Å²) >= 11 is 3.34. The van der Waals surface area contributed by atoms with E-state index in [9.17, 15) is 9.90 Å². The molecule has 4 nitrogen and oxygen atoms in total. The molecule has 94 valence electrons. The summed E-state index contributed by atoms with van der Waals surface area (Å²) < 4.78 is 6.37. The van der Waals surface area contributed by atoms with E-state index in [0.29, 0.717) is 17.7 Å². The standard InChI is InChI=1S/C12H16BrNO3/c1-8(15)10-4-3-9(13)7-11(10)17-6-5-12(16)14-2/h3-4,7-8,15H,5-6H2,1-2H3,(H,14,16). The lowest BCUT2D eigenvalue weighted by atomic mass is 10.1. The van der Waals surface area contributed by atoms with Crippen LogP contribution in [0.4, 0.5) is 0 Å². The van der Waals surface area contributed by atoms with Crippen LogP contribution >= 0.6 is 15.9 Å². The number of hydrogen-bond donors (Lipinski definition) is 2. The molecule has 1 rings (SSSR count). The Hall–Kier alpha value is -1.07. The van der Waals surface area contributed by atoms with E-state index in [4.69, 9.17) is 4.74 Å². The Balaban J connectivity index is 2.68. The van der Waals surface area contributed by atoms with E-state index in [1.54, 1.807) is 26.1 Å². The molecule has 1 amide bonds. The summed E-state index contributed by atoms with van der Waals surface area (Å²) in [4.78, 5) is 11.0. The number of aliphatic hydroxyl groups is 1. The number of ether oxygens (including phenoxy) is 1. The Kier molecular flexibility index (Phi) is 5.44. The lowest BCUT2D eigenvalue weighted by Gasteiger charge is -2.13. The van der Waals surface area contributed by atoms with Crippen molar-refractivity contribution >= 4 is 21.8 Å². The Bertz CT molecular complexity index is 393. The van der Waals surface area contributed by atoms with E-state index in [1.165, 1.54) is 0 Å². The molecule has 0 aliphatic heterocycles. The van der Waals surface area contributed by atoms with Gasteiger partial charge in [0, 0.05) is 17.1 Å². The van der Waals surface area contributed by atoms with Gasteiger partial charge < -0.3 is 15.2 Å². The first kappa shape index (κ1) is 14.0. The molecule has 1 atom stereocenters. The Morgan fingerprint density at radius 3 is 2.88 bits per heavy atom. The molecule has 2 N–H and O–H groups in total. The molecule has 0 fully saturated rings. The Morgan fingerprint density at radius 1 is 1.59 bits per heavy atom. The van der Waals surface area contributed by atoms with Gasteiger partial charge >= 0.3 is 0 Å². The maximum Gasteiger partial charge on any atom is 0.223 e. The maximum atomic E-state index is 11.0. The molecule has 0 saturated heterocycles. The molecule has 0 heterocycles. The number of nitrogens with one attached hydrogen (secondary N) is 1. The van der Waals surface area contributed by atoms with Gasteiger partial charge in [0.15, 0.2) is 0 Å². The van der Waals surface area contributed by atoms with Crippen LogP contribution < -0.4 is 10.1 Å². The topological polar surface area (TPSA) is 58.6 Å². The second-order valence-electron chi connectivity index (χ2n) is 3.63. The van der Waals surface area contributed by atoms with Crippen molar-refractivity contribution in [1.82, 2.24) is 5.32 Å². The average molecular weight is 302 g/mol. The summed E-state index contributed by atoms with van der Waals surface area (Å²) in [7, 11) is 1.59. The molecule has 0 bridgehead atoms. The van der Waals surface area contributed by atoms with Gasteiger partial charge in [-0.05, 0) is 19.1 Å². The molecule has 17 heavy (non-hydrogen) atoms. The molecule has 1 aromatic carbocycles. The van der Waals surface area contributed by atoms with Crippen molar-refractivity contribution in [3.63, 3.8) is 0 Å². The SMILES string of the molecule is CNC(=O)CCOc1cc(Br)ccc1C(C)O. The zero-order valence-electron chi connectivity index (χ0n) is 9.87. The van der Waals surface area contributed by atoms with Gasteiger partial charge in [-0.2, -0.15) is 0 Å². The summed E-state index contributed by atoms with van der Waals surface area (Å²) in [5.41, 5.74) is 0.713. The molecule has 0 radical (unpaired) electrons. The van der Waals surface area contributed by atoms with Crippen LogP contribution in [0.5, 0.6) is 5.75 Å². The van der Waals surface area contributed by atoms with Crippen LogP contribution in [0.25, 0.3) is 0 Å². The lowest BCUT2D eigenvalue weighted by Crippen LogP contribution is -2.20. The summed E-state index contributed by atoms with van der Waals surface area (Å²) in [6.07, 6.45) is -0.305. The van der Waals surface area contributed by atoms with Crippen molar-refractivity contribution < 1.29 is 14.6 Å². The largest absolute Gasteiger partial charge is 0.493 e. The van der Waals surface area contributed by atoms with E-state index < -0.39 is 6.10 Å². The second-order valence-corrected chi connectivity index (χ2v) is 4.55. The van der Waals surface area contributed by atoms with E-state index in [0.717, 1.165) is 4.47 Å². The lowest BCUT2D eigenvalue weighted by molar-refractivity contribution is -0.121. The number of benzene rings is 1. The molecule has 0 aliphatic rings. The van der Waals surface area contributed by atoms with Gasteiger partial charge in [0.05, 0.1) is 19.1 Å². The van der Waals surface area contributed by atoms with Crippen molar-refractivity contribution in [2.45, 2.75) is 19.4 Å². The normalized spacial score (nSPS) is 12.0. The van der Waals surface area contributed by atoms with Crippen molar-refractivity contribution in [1.29, 1.82) is 0 Å². The molecule has 0 aromatic heterocycles. The zero-order chi connectivity index (χ0) is 12.8. The molecule has 0 aliphatic carbocycles. The highest BCUT2D eigenvalue weighted by Gasteiger charge is 2.10. The molecular weight excluding hydrogens is 286 g/mol. The minimum atomic E-state index is -0.599. The molecule has 0 spiro atoms. The average Bonchev–Trinajstić information content (AvgIpc) is 2.28. The Morgan fingerprint density at radius 2 is 2.29 bits per heavy atom. The van der Waals surface area contributed by atoms with Crippen molar-refractivity contribution in [2.75, 3.05) is 13.7 Å².